The topological polar surface area (TPSA) is 29.1 Å². The SMILES string of the molecule is O=C(Cc1cccc(C(F)(F)F)c1)C1CC2CCC1N2. The summed E-state index contributed by atoms with van der Waals surface area (Å²) in [5, 5.41) is 3.38. The standard InChI is InChI=1S/C15H16F3NO/c16-15(17,18)10-3-1-2-9(6-10)7-14(20)12-8-11-4-5-13(12)19-11/h1-3,6,11-13,19H,4-5,7-8H2. The summed E-state index contributed by atoms with van der Waals surface area (Å²) >= 11 is 0. The predicted octanol–water partition coefficient (Wildman–Crippen LogP) is 2.96. The minimum Gasteiger partial charge on any atom is -0.310 e. The molecular formula is C15H16F3NO. The number of nitrogens with one attached hydrogen (secondary N) is 1. The van der Waals surface area contributed by atoms with Gasteiger partial charge in [0.05, 0.1) is 5.56 Å². The Labute approximate surface area is 115 Å². The lowest BCUT2D eigenvalue weighted by atomic mass is 9.84. The second kappa shape index (κ2) is 4.88. The van der Waals surface area contributed by atoms with E-state index < -0.39 is 11.7 Å². The lowest BCUT2D eigenvalue weighted by Crippen LogP contribution is -2.29. The molecule has 1 aromatic rings. The fourth-order valence-corrected chi connectivity index (χ4v) is 3.37. The maximum Gasteiger partial charge on any atom is 0.416 e. The average Bonchev–Trinajstić information content (AvgIpc) is 3.00. The number of alkyl halides is 3. The summed E-state index contributed by atoms with van der Waals surface area (Å²) in [6, 6.07) is 5.73. The second-order valence-electron chi connectivity index (χ2n) is 5.73. The van der Waals surface area contributed by atoms with E-state index in [4.69, 9.17) is 0 Å². The van der Waals surface area contributed by atoms with E-state index in [-0.39, 0.29) is 24.2 Å². The van der Waals surface area contributed by atoms with Crippen molar-refractivity contribution in [3.05, 3.63) is 35.4 Å². The van der Waals surface area contributed by atoms with Crippen LogP contribution in [-0.4, -0.2) is 17.9 Å². The Morgan fingerprint density at radius 2 is 2.10 bits per heavy atom. The van der Waals surface area contributed by atoms with Crippen LogP contribution in [0.2, 0.25) is 0 Å². The number of benzene rings is 1. The number of Topliss-reactive ketones (excluding diaryl/α,β-unsaturated/α-hetero) is 1. The second-order valence-corrected chi connectivity index (χ2v) is 5.73. The van der Waals surface area contributed by atoms with E-state index in [2.05, 4.69) is 5.32 Å². The Kier molecular flexibility index (Phi) is 3.32. The van der Waals surface area contributed by atoms with Crippen molar-refractivity contribution < 1.29 is 18.0 Å². The van der Waals surface area contributed by atoms with Gasteiger partial charge in [-0.05, 0) is 30.9 Å². The van der Waals surface area contributed by atoms with E-state index in [1.54, 1.807) is 6.07 Å². The van der Waals surface area contributed by atoms with E-state index in [0.29, 0.717) is 11.6 Å². The third-order valence-electron chi connectivity index (χ3n) is 4.35. The summed E-state index contributed by atoms with van der Waals surface area (Å²) in [4.78, 5) is 12.2. The number of fused-ring (bicyclic) bond motifs is 2. The van der Waals surface area contributed by atoms with Gasteiger partial charge in [-0.15, -0.1) is 0 Å². The summed E-state index contributed by atoms with van der Waals surface area (Å²) < 4.78 is 37.9. The van der Waals surface area contributed by atoms with Gasteiger partial charge in [0, 0.05) is 24.4 Å². The van der Waals surface area contributed by atoms with Gasteiger partial charge in [-0.2, -0.15) is 13.2 Å². The van der Waals surface area contributed by atoms with E-state index in [1.165, 1.54) is 6.07 Å². The third-order valence-corrected chi connectivity index (χ3v) is 4.35. The highest BCUT2D eigenvalue weighted by Crippen LogP contribution is 2.35. The van der Waals surface area contributed by atoms with Crippen LogP contribution >= 0.6 is 0 Å². The van der Waals surface area contributed by atoms with Gasteiger partial charge in [-0.1, -0.05) is 18.2 Å². The van der Waals surface area contributed by atoms with Crippen molar-refractivity contribution in [1.29, 1.82) is 0 Å². The quantitative estimate of drug-likeness (QED) is 0.924. The summed E-state index contributed by atoms with van der Waals surface area (Å²) in [6.45, 7) is 0. The Bertz CT molecular complexity index is 526. The molecule has 0 saturated carbocycles. The van der Waals surface area contributed by atoms with E-state index in [0.717, 1.165) is 31.4 Å². The molecule has 3 atom stereocenters. The Balaban J connectivity index is 1.70. The molecule has 3 rings (SSSR count). The first-order chi connectivity index (χ1) is 9.43. The number of halogens is 3. The fourth-order valence-electron chi connectivity index (χ4n) is 3.37. The summed E-state index contributed by atoms with van der Waals surface area (Å²) in [6.07, 6.45) is -1.31. The lowest BCUT2D eigenvalue weighted by Gasteiger charge is -2.19. The normalized spacial score (nSPS) is 28.9. The lowest BCUT2D eigenvalue weighted by molar-refractivity contribution is -0.137. The molecule has 108 valence electrons. The van der Waals surface area contributed by atoms with Gasteiger partial charge in [0.25, 0.3) is 0 Å². The number of hydrogen-bond donors (Lipinski definition) is 1. The van der Waals surface area contributed by atoms with Crippen molar-refractivity contribution in [2.24, 2.45) is 5.92 Å². The van der Waals surface area contributed by atoms with Gasteiger partial charge in [-0.25, -0.2) is 0 Å². The van der Waals surface area contributed by atoms with Gasteiger partial charge in [-0.3, -0.25) is 4.79 Å². The molecule has 2 aliphatic heterocycles. The monoisotopic (exact) mass is 283 g/mol. The number of ketones is 1. The largest absolute Gasteiger partial charge is 0.416 e. The van der Waals surface area contributed by atoms with Crippen LogP contribution in [0.5, 0.6) is 0 Å². The smallest absolute Gasteiger partial charge is 0.310 e. The van der Waals surface area contributed by atoms with Crippen molar-refractivity contribution in [2.45, 2.75) is 43.9 Å². The zero-order valence-electron chi connectivity index (χ0n) is 10.9. The van der Waals surface area contributed by atoms with E-state index in [9.17, 15) is 18.0 Å². The number of carbonyl (C=O) groups excluding carboxylic acids is 1. The van der Waals surface area contributed by atoms with Crippen LogP contribution < -0.4 is 5.32 Å². The van der Waals surface area contributed by atoms with Crippen molar-refractivity contribution in [3.63, 3.8) is 0 Å². The Morgan fingerprint density at radius 1 is 1.30 bits per heavy atom. The van der Waals surface area contributed by atoms with Crippen LogP contribution in [0.25, 0.3) is 0 Å². The molecule has 1 N–H and O–H groups in total. The molecule has 5 heteroatoms. The summed E-state index contributed by atoms with van der Waals surface area (Å²) in [5.41, 5.74) is -0.235. The van der Waals surface area contributed by atoms with Gasteiger partial charge in [0.2, 0.25) is 0 Å². The van der Waals surface area contributed by atoms with Crippen LogP contribution in [0.15, 0.2) is 24.3 Å². The number of rotatable bonds is 3. The highest BCUT2D eigenvalue weighted by atomic mass is 19.4. The molecule has 0 aromatic heterocycles. The summed E-state index contributed by atoms with van der Waals surface area (Å²) in [7, 11) is 0. The molecule has 2 nitrogen and oxygen atoms in total. The first kappa shape index (κ1) is 13.6. The Hall–Kier alpha value is -1.36. The van der Waals surface area contributed by atoms with E-state index >= 15 is 0 Å². The van der Waals surface area contributed by atoms with Crippen LogP contribution in [0.3, 0.4) is 0 Å². The van der Waals surface area contributed by atoms with Gasteiger partial charge in [0.15, 0.2) is 0 Å². The minimum absolute atomic E-state index is 0.0247. The van der Waals surface area contributed by atoms with Crippen molar-refractivity contribution in [2.75, 3.05) is 0 Å². The molecule has 2 saturated heterocycles. The predicted molar refractivity (Wildman–Crippen MR) is 68.2 cm³/mol. The molecule has 0 spiro atoms. The molecule has 2 fully saturated rings. The fraction of sp³-hybridized carbons (Fsp3) is 0.533. The maximum absolute atomic E-state index is 12.6. The zero-order chi connectivity index (χ0) is 14.3. The molecule has 0 aliphatic carbocycles. The first-order valence-corrected chi connectivity index (χ1v) is 6.88. The van der Waals surface area contributed by atoms with Gasteiger partial charge in [0.1, 0.15) is 5.78 Å². The zero-order valence-corrected chi connectivity index (χ0v) is 10.9. The molecule has 3 unspecified atom stereocenters. The average molecular weight is 283 g/mol. The summed E-state index contributed by atoms with van der Waals surface area (Å²) in [5.74, 6) is 0.0346. The Morgan fingerprint density at radius 3 is 2.70 bits per heavy atom. The number of carbonyl (C=O) groups is 1. The molecular weight excluding hydrogens is 267 g/mol. The molecule has 2 aliphatic rings. The van der Waals surface area contributed by atoms with Crippen molar-refractivity contribution in [3.8, 4) is 0 Å². The minimum atomic E-state index is -4.35. The third kappa shape index (κ3) is 2.59. The molecule has 1 aromatic carbocycles. The van der Waals surface area contributed by atoms with Crippen LogP contribution in [0, 0.1) is 5.92 Å². The van der Waals surface area contributed by atoms with Crippen molar-refractivity contribution >= 4 is 5.78 Å². The van der Waals surface area contributed by atoms with Crippen LogP contribution in [0.1, 0.15) is 30.4 Å². The highest BCUT2D eigenvalue weighted by Gasteiger charge is 2.42. The first-order valence-electron chi connectivity index (χ1n) is 6.88. The molecule has 0 radical (unpaired) electrons. The molecule has 2 heterocycles. The number of hydrogen-bond acceptors (Lipinski definition) is 2. The molecule has 2 bridgehead atoms. The molecule has 0 amide bonds. The molecule has 20 heavy (non-hydrogen) atoms. The highest BCUT2D eigenvalue weighted by molar-refractivity contribution is 5.84. The van der Waals surface area contributed by atoms with Crippen LogP contribution in [0.4, 0.5) is 13.2 Å². The maximum atomic E-state index is 12.6. The van der Waals surface area contributed by atoms with Gasteiger partial charge >= 0.3 is 6.18 Å². The van der Waals surface area contributed by atoms with E-state index in [1.807, 2.05) is 0 Å². The van der Waals surface area contributed by atoms with Crippen molar-refractivity contribution in [1.82, 2.24) is 5.32 Å². The van der Waals surface area contributed by atoms with Crippen LogP contribution in [-0.2, 0) is 17.4 Å². The van der Waals surface area contributed by atoms with Gasteiger partial charge < -0.3 is 5.32 Å².